The molecule has 0 spiro atoms. The molecule has 2 heterocycles. The maximum atomic E-state index is 12.6. The van der Waals surface area contributed by atoms with Crippen LogP contribution in [-0.2, 0) is 10.0 Å². The molecule has 0 aromatic carbocycles. The van der Waals surface area contributed by atoms with Gasteiger partial charge in [-0.05, 0) is 35.6 Å². The summed E-state index contributed by atoms with van der Waals surface area (Å²) in [5.74, 6) is -0.696. The van der Waals surface area contributed by atoms with Crippen molar-refractivity contribution in [3.8, 4) is 0 Å². The smallest absolute Gasteiger partial charge is 0.347 e. The highest BCUT2D eigenvalue weighted by atomic mass is 32.2. The van der Waals surface area contributed by atoms with Crippen LogP contribution in [0.15, 0.2) is 16.3 Å². The van der Waals surface area contributed by atoms with Crippen LogP contribution in [0, 0.1) is 11.3 Å². The first kappa shape index (κ1) is 16.5. The number of rotatable bonds is 3. The van der Waals surface area contributed by atoms with E-state index in [-0.39, 0.29) is 15.2 Å². The second-order valence-corrected chi connectivity index (χ2v) is 9.29. The Morgan fingerprint density at radius 2 is 1.90 bits per heavy atom. The van der Waals surface area contributed by atoms with E-state index in [4.69, 9.17) is 5.11 Å². The number of hydrogen-bond acceptors (Lipinski definition) is 4. The number of carbonyl (C=O) groups is 1. The Morgan fingerprint density at radius 3 is 2.38 bits per heavy atom. The molecule has 5 nitrogen and oxygen atoms in total. The zero-order valence-corrected chi connectivity index (χ0v) is 14.1. The van der Waals surface area contributed by atoms with Crippen LogP contribution in [0.1, 0.15) is 43.3 Å². The lowest BCUT2D eigenvalue weighted by Crippen LogP contribution is -2.41. The number of hydrogen-bond donors (Lipinski definition) is 1. The Morgan fingerprint density at radius 1 is 1.33 bits per heavy atom. The number of carboxylic acid groups (broad SMARTS) is 1. The van der Waals surface area contributed by atoms with Crippen LogP contribution in [0.2, 0.25) is 0 Å². The minimum Gasteiger partial charge on any atom is -0.477 e. The third-order valence-electron chi connectivity index (χ3n) is 4.12. The summed E-state index contributed by atoms with van der Waals surface area (Å²) in [4.78, 5) is 10.9. The van der Waals surface area contributed by atoms with Gasteiger partial charge in [-0.25, -0.2) is 13.2 Å². The van der Waals surface area contributed by atoms with Crippen LogP contribution < -0.4 is 0 Å². The molecule has 1 fully saturated rings. The van der Waals surface area contributed by atoms with E-state index in [2.05, 4.69) is 20.8 Å². The molecule has 0 unspecified atom stereocenters. The van der Waals surface area contributed by atoms with Gasteiger partial charge in [0.15, 0.2) is 0 Å². The molecule has 1 aliphatic rings. The van der Waals surface area contributed by atoms with Crippen molar-refractivity contribution in [1.29, 1.82) is 0 Å². The van der Waals surface area contributed by atoms with Crippen LogP contribution >= 0.6 is 11.3 Å². The molecule has 21 heavy (non-hydrogen) atoms. The number of carboxylic acids is 1. The monoisotopic (exact) mass is 331 g/mol. The van der Waals surface area contributed by atoms with Crippen molar-refractivity contribution in [3.05, 3.63) is 16.3 Å². The van der Waals surface area contributed by atoms with E-state index < -0.39 is 16.0 Å². The predicted octanol–water partition coefficient (Wildman–Crippen LogP) is 2.89. The number of sulfonamides is 1. The van der Waals surface area contributed by atoms with Gasteiger partial charge in [-0.3, -0.25) is 0 Å². The lowest BCUT2D eigenvalue weighted by molar-refractivity contribution is 0.0698. The summed E-state index contributed by atoms with van der Waals surface area (Å²) >= 11 is 0.948. The largest absolute Gasteiger partial charge is 0.477 e. The highest BCUT2D eigenvalue weighted by Crippen LogP contribution is 2.36. The minimum absolute atomic E-state index is 0.0748. The molecule has 1 aromatic heterocycles. The summed E-state index contributed by atoms with van der Waals surface area (Å²) in [6, 6.07) is 1.39. The minimum atomic E-state index is -3.70. The SMILES string of the molecule is CC(C)(C)C1CCN(S(=O)(=O)c2ccsc2C(=O)O)CC1. The summed E-state index contributed by atoms with van der Waals surface area (Å²) < 4.78 is 26.6. The van der Waals surface area contributed by atoms with E-state index in [1.807, 2.05) is 0 Å². The topological polar surface area (TPSA) is 74.7 Å². The average Bonchev–Trinajstić information content (AvgIpc) is 2.88. The molecule has 118 valence electrons. The van der Waals surface area contributed by atoms with Crippen LogP contribution in [0.4, 0.5) is 0 Å². The average molecular weight is 331 g/mol. The van der Waals surface area contributed by atoms with E-state index >= 15 is 0 Å². The van der Waals surface area contributed by atoms with Gasteiger partial charge in [0, 0.05) is 13.1 Å². The third-order valence-corrected chi connectivity index (χ3v) is 7.09. The molecule has 0 radical (unpaired) electrons. The van der Waals surface area contributed by atoms with Gasteiger partial charge in [0.05, 0.1) is 0 Å². The summed E-state index contributed by atoms with van der Waals surface area (Å²) in [5.41, 5.74) is 0.171. The number of nitrogens with zero attached hydrogens (tertiary/aromatic N) is 1. The molecule has 1 aromatic rings. The van der Waals surface area contributed by atoms with E-state index in [0.29, 0.717) is 19.0 Å². The van der Waals surface area contributed by atoms with Crippen LogP contribution in [0.5, 0.6) is 0 Å². The standard InChI is InChI=1S/C14H21NO4S2/c1-14(2,3)10-4-7-15(8-5-10)21(18,19)11-6-9-20-12(11)13(16)17/h6,9-10H,4-5,7-8H2,1-3H3,(H,16,17). The molecule has 0 atom stereocenters. The van der Waals surface area contributed by atoms with E-state index in [1.165, 1.54) is 15.8 Å². The van der Waals surface area contributed by atoms with E-state index in [9.17, 15) is 13.2 Å². The van der Waals surface area contributed by atoms with Crippen molar-refractivity contribution >= 4 is 27.3 Å². The first-order valence-electron chi connectivity index (χ1n) is 6.95. The molecule has 1 N–H and O–H groups in total. The summed E-state index contributed by atoms with van der Waals surface area (Å²) in [7, 11) is -3.70. The Kier molecular flexibility index (Phi) is 4.46. The van der Waals surface area contributed by atoms with Gasteiger partial charge < -0.3 is 5.11 Å². The van der Waals surface area contributed by atoms with Gasteiger partial charge in [0.2, 0.25) is 10.0 Å². The highest BCUT2D eigenvalue weighted by molar-refractivity contribution is 7.89. The van der Waals surface area contributed by atoms with Gasteiger partial charge in [0.25, 0.3) is 0 Å². The molecule has 0 bridgehead atoms. The first-order valence-corrected chi connectivity index (χ1v) is 9.27. The number of aromatic carboxylic acids is 1. The zero-order valence-electron chi connectivity index (χ0n) is 12.5. The van der Waals surface area contributed by atoms with Gasteiger partial charge in [-0.1, -0.05) is 20.8 Å². The number of thiophene rings is 1. The van der Waals surface area contributed by atoms with E-state index in [0.717, 1.165) is 24.2 Å². The lowest BCUT2D eigenvalue weighted by Gasteiger charge is -2.38. The van der Waals surface area contributed by atoms with Gasteiger partial charge >= 0.3 is 5.97 Å². The molecule has 1 aliphatic heterocycles. The van der Waals surface area contributed by atoms with Gasteiger partial charge in [-0.15, -0.1) is 11.3 Å². The van der Waals surface area contributed by atoms with E-state index in [1.54, 1.807) is 0 Å². The van der Waals surface area contributed by atoms with Crippen molar-refractivity contribution in [2.45, 2.75) is 38.5 Å². The second-order valence-electron chi connectivity index (χ2n) is 6.46. The number of piperidine rings is 1. The molecule has 0 saturated carbocycles. The Balaban J connectivity index is 2.19. The quantitative estimate of drug-likeness (QED) is 0.924. The zero-order chi connectivity index (χ0) is 15.8. The molecular formula is C14H21NO4S2. The Hall–Kier alpha value is -0.920. The van der Waals surface area contributed by atoms with Crippen LogP contribution in [-0.4, -0.2) is 36.9 Å². The van der Waals surface area contributed by atoms with Crippen LogP contribution in [0.25, 0.3) is 0 Å². The van der Waals surface area contributed by atoms with Gasteiger partial charge in [0.1, 0.15) is 9.77 Å². The van der Waals surface area contributed by atoms with Crippen molar-refractivity contribution in [2.24, 2.45) is 11.3 Å². The first-order chi connectivity index (χ1) is 9.64. The van der Waals surface area contributed by atoms with Crippen molar-refractivity contribution in [2.75, 3.05) is 13.1 Å². The molecular weight excluding hydrogens is 310 g/mol. The third kappa shape index (κ3) is 3.30. The predicted molar refractivity (Wildman–Crippen MR) is 82.2 cm³/mol. The Bertz CT molecular complexity index is 620. The van der Waals surface area contributed by atoms with Crippen LogP contribution in [0.3, 0.4) is 0 Å². The fourth-order valence-electron chi connectivity index (χ4n) is 2.76. The highest BCUT2D eigenvalue weighted by Gasteiger charge is 2.35. The molecule has 1 saturated heterocycles. The molecule has 2 rings (SSSR count). The lowest BCUT2D eigenvalue weighted by atomic mass is 9.76. The maximum absolute atomic E-state index is 12.6. The summed E-state index contributed by atoms with van der Waals surface area (Å²) in [6.07, 6.45) is 1.63. The maximum Gasteiger partial charge on any atom is 0.347 e. The van der Waals surface area contributed by atoms with Crippen molar-refractivity contribution < 1.29 is 18.3 Å². The normalized spacial score (nSPS) is 18.8. The molecule has 0 amide bonds. The van der Waals surface area contributed by atoms with Crippen molar-refractivity contribution in [3.63, 3.8) is 0 Å². The van der Waals surface area contributed by atoms with Gasteiger partial charge in [-0.2, -0.15) is 4.31 Å². The summed E-state index contributed by atoms with van der Waals surface area (Å²) in [6.45, 7) is 7.42. The Labute approximate surface area is 129 Å². The molecule has 0 aliphatic carbocycles. The summed E-state index contributed by atoms with van der Waals surface area (Å²) in [5, 5.41) is 10.6. The fraction of sp³-hybridized carbons (Fsp3) is 0.643. The second kappa shape index (κ2) is 5.70. The van der Waals surface area contributed by atoms with Crippen molar-refractivity contribution in [1.82, 2.24) is 4.31 Å². The fourth-order valence-corrected chi connectivity index (χ4v) is 5.46. The molecule has 7 heteroatoms.